The minimum absolute atomic E-state index is 0.118. The van der Waals surface area contributed by atoms with Crippen LogP contribution >= 0.6 is 0 Å². The number of hydrogen-bond donors (Lipinski definition) is 0. The van der Waals surface area contributed by atoms with E-state index in [4.69, 9.17) is 9.47 Å². The van der Waals surface area contributed by atoms with Crippen LogP contribution in [0, 0.1) is 0 Å². The number of benzene rings is 1. The average molecular weight is 451 g/mol. The van der Waals surface area contributed by atoms with Gasteiger partial charge in [-0.25, -0.2) is 0 Å². The summed E-state index contributed by atoms with van der Waals surface area (Å²) in [6.07, 6.45) is 20.4. The topological polar surface area (TPSA) is 18.5 Å². The van der Waals surface area contributed by atoms with Gasteiger partial charge in [-0.1, -0.05) is 43.1 Å². The Kier molecular flexibility index (Phi) is 8.54. The minimum atomic E-state index is -0.269. The maximum Gasteiger partial charge on any atom is 0.134 e. The Morgan fingerprint density at radius 2 is 1.67 bits per heavy atom. The van der Waals surface area contributed by atoms with Crippen LogP contribution < -0.4 is 9.47 Å². The van der Waals surface area contributed by atoms with Gasteiger partial charge in [0, 0.05) is 0 Å². The van der Waals surface area contributed by atoms with Crippen molar-refractivity contribution in [3.05, 3.63) is 52.1 Å². The van der Waals surface area contributed by atoms with E-state index >= 15 is 0 Å². The Morgan fingerprint density at radius 3 is 2.33 bits per heavy atom. The smallest absolute Gasteiger partial charge is 0.134 e. The molecule has 0 radical (unpaired) electrons. The number of aryl methyl sites for hydroxylation is 1. The first kappa shape index (κ1) is 25.7. The fraction of sp³-hybridized carbons (Fsp3) is 0.613. The van der Waals surface area contributed by atoms with Crippen LogP contribution in [0.4, 0.5) is 0 Å². The van der Waals surface area contributed by atoms with Crippen molar-refractivity contribution in [2.24, 2.45) is 0 Å². The molecule has 0 aromatic heterocycles. The van der Waals surface area contributed by atoms with Gasteiger partial charge < -0.3 is 9.47 Å². The Balaban J connectivity index is 1.91. The molecule has 0 N–H and O–H groups in total. The molecule has 182 valence electrons. The first-order chi connectivity index (χ1) is 15.6. The molecule has 0 fully saturated rings. The van der Waals surface area contributed by atoms with Crippen molar-refractivity contribution in [1.82, 2.24) is 0 Å². The first-order valence-electron chi connectivity index (χ1n) is 13.2. The molecule has 0 bridgehead atoms. The van der Waals surface area contributed by atoms with Crippen LogP contribution in [-0.2, 0) is 12.8 Å². The fourth-order valence-corrected chi connectivity index (χ4v) is 5.02. The summed E-state index contributed by atoms with van der Waals surface area (Å²) in [6, 6.07) is 2.34. The van der Waals surface area contributed by atoms with Crippen molar-refractivity contribution < 1.29 is 9.47 Å². The highest BCUT2D eigenvalue weighted by Crippen LogP contribution is 2.47. The Hall–Kier alpha value is -1.96. The van der Waals surface area contributed by atoms with Crippen molar-refractivity contribution >= 4 is 6.08 Å². The van der Waals surface area contributed by atoms with Crippen LogP contribution in [0.25, 0.3) is 6.08 Å². The van der Waals surface area contributed by atoms with Crippen molar-refractivity contribution in [3.8, 4) is 11.5 Å². The number of rotatable bonds is 10. The third-order valence-electron chi connectivity index (χ3n) is 7.14. The summed E-state index contributed by atoms with van der Waals surface area (Å²) in [4.78, 5) is 0. The summed E-state index contributed by atoms with van der Waals surface area (Å²) in [6.45, 7) is 15.5. The van der Waals surface area contributed by atoms with E-state index in [0.29, 0.717) is 0 Å². The normalized spacial score (nSPS) is 23.1. The van der Waals surface area contributed by atoms with Crippen LogP contribution in [0.1, 0.15) is 117 Å². The predicted octanol–water partition coefficient (Wildman–Crippen LogP) is 9.16. The Morgan fingerprint density at radius 1 is 0.970 bits per heavy atom. The van der Waals surface area contributed by atoms with Crippen LogP contribution in [0.5, 0.6) is 11.5 Å². The van der Waals surface area contributed by atoms with Gasteiger partial charge in [0.25, 0.3) is 0 Å². The van der Waals surface area contributed by atoms with Gasteiger partial charge in [0.2, 0.25) is 0 Å². The molecule has 1 aromatic rings. The molecule has 2 heterocycles. The minimum Gasteiger partial charge on any atom is -0.486 e. The Bertz CT molecular complexity index is 911. The molecule has 0 aliphatic carbocycles. The second kappa shape index (κ2) is 11.0. The van der Waals surface area contributed by atoms with Gasteiger partial charge in [-0.2, -0.15) is 0 Å². The van der Waals surface area contributed by atoms with Crippen molar-refractivity contribution in [1.29, 1.82) is 0 Å². The summed E-state index contributed by atoms with van der Waals surface area (Å²) < 4.78 is 13.5. The van der Waals surface area contributed by atoms with E-state index in [1.165, 1.54) is 41.5 Å². The van der Waals surface area contributed by atoms with Crippen LogP contribution in [0.2, 0.25) is 0 Å². The molecule has 0 spiro atoms. The zero-order valence-electron chi connectivity index (χ0n) is 22.3. The summed E-state index contributed by atoms with van der Waals surface area (Å²) in [5.74, 6) is 2.10. The molecule has 2 heteroatoms. The van der Waals surface area contributed by atoms with Gasteiger partial charge in [-0.3, -0.25) is 0 Å². The lowest BCUT2D eigenvalue weighted by molar-refractivity contribution is 0.0550. The molecule has 1 aromatic carbocycles. The van der Waals surface area contributed by atoms with Gasteiger partial charge in [0.15, 0.2) is 0 Å². The van der Waals surface area contributed by atoms with E-state index in [-0.39, 0.29) is 11.2 Å². The average Bonchev–Trinajstić information content (AvgIpc) is 2.72. The molecule has 2 atom stereocenters. The molecule has 0 saturated heterocycles. The molecule has 33 heavy (non-hydrogen) atoms. The molecule has 2 aliphatic rings. The van der Waals surface area contributed by atoms with Crippen LogP contribution in [0.15, 0.2) is 35.4 Å². The highest BCUT2D eigenvalue weighted by atomic mass is 16.5. The van der Waals surface area contributed by atoms with Crippen molar-refractivity contribution in [2.45, 2.75) is 124 Å². The van der Waals surface area contributed by atoms with Crippen LogP contribution in [0.3, 0.4) is 0 Å². The molecule has 2 aliphatic heterocycles. The van der Waals surface area contributed by atoms with Gasteiger partial charge in [0.05, 0.1) is 5.56 Å². The number of fused-ring (bicyclic) bond motifs is 3. The van der Waals surface area contributed by atoms with Crippen LogP contribution in [-0.4, -0.2) is 11.2 Å². The van der Waals surface area contributed by atoms with E-state index in [1.54, 1.807) is 0 Å². The SMILES string of the molecule is CCCCCc1cc2c(c3c1CCC(C)(CCC=C(C)C)O3)C=CC(C)(CCC=C(C)C)O2. The van der Waals surface area contributed by atoms with Crippen molar-refractivity contribution in [3.63, 3.8) is 0 Å². The molecular formula is C31H46O2. The number of ether oxygens (including phenoxy) is 2. The third-order valence-corrected chi connectivity index (χ3v) is 7.14. The highest BCUT2D eigenvalue weighted by molar-refractivity contribution is 5.71. The van der Waals surface area contributed by atoms with E-state index in [0.717, 1.165) is 62.0 Å². The summed E-state index contributed by atoms with van der Waals surface area (Å²) in [5.41, 5.74) is 6.37. The quantitative estimate of drug-likeness (QED) is 0.261. The molecule has 0 amide bonds. The van der Waals surface area contributed by atoms with E-state index in [2.05, 4.69) is 78.8 Å². The summed E-state index contributed by atoms with van der Waals surface area (Å²) >= 11 is 0. The van der Waals surface area contributed by atoms with Gasteiger partial charge in [-0.05, 0) is 122 Å². The lowest BCUT2D eigenvalue weighted by Gasteiger charge is -2.40. The first-order valence-corrected chi connectivity index (χ1v) is 13.2. The standard InChI is InChI=1S/C31H46O2/c1-8-9-10-15-25-22-28-27(17-21-30(6,32-28)18-11-13-23(2)3)29-26(25)16-20-31(7,33-29)19-12-14-24(4)5/h13-14,17,21-22H,8-12,15-16,18-20H2,1-7H3. The molecule has 2 nitrogen and oxygen atoms in total. The van der Waals surface area contributed by atoms with E-state index < -0.39 is 0 Å². The highest BCUT2D eigenvalue weighted by Gasteiger charge is 2.36. The molecule has 0 saturated carbocycles. The predicted molar refractivity (Wildman–Crippen MR) is 142 cm³/mol. The third kappa shape index (κ3) is 6.78. The lowest BCUT2D eigenvalue weighted by Crippen LogP contribution is -2.38. The second-order valence-electron chi connectivity index (χ2n) is 11.2. The largest absolute Gasteiger partial charge is 0.486 e. The summed E-state index contributed by atoms with van der Waals surface area (Å²) in [7, 11) is 0. The zero-order chi connectivity index (χ0) is 24.1. The number of allylic oxidation sites excluding steroid dienone is 4. The van der Waals surface area contributed by atoms with E-state index in [9.17, 15) is 0 Å². The molecule has 2 unspecified atom stereocenters. The number of hydrogen-bond acceptors (Lipinski definition) is 2. The maximum atomic E-state index is 6.86. The molecular weight excluding hydrogens is 404 g/mol. The van der Waals surface area contributed by atoms with Gasteiger partial charge in [0.1, 0.15) is 22.7 Å². The molecule has 3 rings (SSSR count). The van der Waals surface area contributed by atoms with E-state index in [1.807, 2.05) is 0 Å². The fourth-order valence-electron chi connectivity index (χ4n) is 5.02. The van der Waals surface area contributed by atoms with Gasteiger partial charge in [-0.15, -0.1) is 0 Å². The second-order valence-corrected chi connectivity index (χ2v) is 11.2. The maximum absolute atomic E-state index is 6.86. The number of unbranched alkanes of at least 4 members (excludes halogenated alkanes) is 2. The summed E-state index contributed by atoms with van der Waals surface area (Å²) in [5, 5.41) is 0. The lowest BCUT2D eigenvalue weighted by atomic mass is 9.83. The van der Waals surface area contributed by atoms with Gasteiger partial charge >= 0.3 is 0 Å². The zero-order valence-corrected chi connectivity index (χ0v) is 22.3. The Labute approximate surface area is 203 Å². The van der Waals surface area contributed by atoms with Crippen molar-refractivity contribution in [2.75, 3.05) is 0 Å². The monoisotopic (exact) mass is 450 g/mol.